The molecule has 0 spiro atoms. The molecule has 14 heavy (non-hydrogen) atoms. The summed E-state index contributed by atoms with van der Waals surface area (Å²) in [5, 5.41) is 3.60. The minimum absolute atomic E-state index is 1.05. The third kappa shape index (κ3) is 0.990. The molecule has 0 saturated heterocycles. The van der Waals surface area contributed by atoms with Crippen LogP contribution in [0.5, 0.6) is 0 Å². The van der Waals surface area contributed by atoms with Crippen LogP contribution in [0.1, 0.15) is 0 Å². The summed E-state index contributed by atoms with van der Waals surface area (Å²) in [5.41, 5.74) is 1.05. The first-order valence-electron chi connectivity index (χ1n) is 4.59. The second kappa shape index (κ2) is 2.81. The fourth-order valence-electron chi connectivity index (χ4n) is 1.75. The summed E-state index contributed by atoms with van der Waals surface area (Å²) < 4.78 is 0. The van der Waals surface area contributed by atoms with Crippen molar-refractivity contribution in [2.24, 2.45) is 0 Å². The number of fused-ring (bicyclic) bond motifs is 3. The molecule has 0 unspecified atom stereocenters. The molecule has 0 amide bonds. The zero-order valence-electron chi connectivity index (χ0n) is 7.57. The Balaban J connectivity index is 2.61. The first kappa shape index (κ1) is 7.51. The summed E-state index contributed by atoms with van der Waals surface area (Å²) >= 11 is 0. The number of aromatic nitrogens is 1. The van der Waals surface area contributed by atoms with E-state index in [2.05, 4.69) is 23.2 Å². The third-order valence-electron chi connectivity index (χ3n) is 2.43. The molecule has 0 N–H and O–H groups in total. The number of nitrogens with zero attached hydrogens (tertiary/aromatic N) is 1. The van der Waals surface area contributed by atoms with Gasteiger partial charge in [-0.15, -0.1) is 0 Å². The Bertz CT molecular complexity index is 544. The van der Waals surface area contributed by atoms with Crippen LogP contribution >= 0.6 is 0 Å². The first-order valence-corrected chi connectivity index (χ1v) is 4.59. The van der Waals surface area contributed by atoms with Crippen molar-refractivity contribution in [3.8, 4) is 0 Å². The highest BCUT2D eigenvalue weighted by molar-refractivity contribution is 6.05. The van der Waals surface area contributed by atoms with E-state index >= 15 is 0 Å². The number of hydrogen-bond donors (Lipinski definition) is 0. The van der Waals surface area contributed by atoms with E-state index < -0.39 is 0 Å². The molecular formula is C13H8N. The summed E-state index contributed by atoms with van der Waals surface area (Å²) in [7, 11) is 0. The number of hydrogen-bond acceptors (Lipinski definition) is 1. The minimum Gasteiger partial charge on any atom is -0.256 e. The van der Waals surface area contributed by atoms with Crippen molar-refractivity contribution in [2.75, 3.05) is 0 Å². The highest BCUT2D eigenvalue weighted by atomic mass is 14.6. The molecule has 3 rings (SSSR count). The molecule has 0 atom stereocenters. The molecule has 0 fully saturated rings. The second-order valence-corrected chi connectivity index (χ2v) is 3.29. The summed E-state index contributed by atoms with van der Waals surface area (Å²) in [6, 6.07) is 17.2. The Morgan fingerprint density at radius 2 is 1.93 bits per heavy atom. The topological polar surface area (TPSA) is 12.9 Å². The molecule has 2 aromatic carbocycles. The molecule has 65 valence electrons. The molecule has 0 aliphatic rings. The van der Waals surface area contributed by atoms with E-state index in [1.165, 1.54) is 10.8 Å². The van der Waals surface area contributed by atoms with Crippen LogP contribution in [0.15, 0.2) is 48.7 Å². The monoisotopic (exact) mass is 178 g/mol. The number of para-hydroxylation sites is 1. The third-order valence-corrected chi connectivity index (χ3v) is 2.43. The van der Waals surface area contributed by atoms with Gasteiger partial charge in [0.25, 0.3) is 0 Å². The average molecular weight is 178 g/mol. The van der Waals surface area contributed by atoms with E-state index in [0.29, 0.717) is 0 Å². The summed E-state index contributed by atoms with van der Waals surface area (Å²) in [6.07, 6.45) is 1.90. The molecular weight excluding hydrogens is 170 g/mol. The summed E-state index contributed by atoms with van der Waals surface area (Å²) in [5.74, 6) is 0. The van der Waals surface area contributed by atoms with Crippen LogP contribution in [0.25, 0.3) is 21.7 Å². The molecule has 1 nitrogen and oxygen atoms in total. The predicted octanol–water partition coefficient (Wildman–Crippen LogP) is 3.19. The standard InChI is InChI=1S/C13H8N/c1-2-6-11-10(5-1)9-14-13-8-4-3-7-12(11)13/h2-9H. The van der Waals surface area contributed by atoms with Gasteiger partial charge >= 0.3 is 0 Å². The Hall–Kier alpha value is -1.89. The molecule has 0 aliphatic carbocycles. The van der Waals surface area contributed by atoms with Gasteiger partial charge in [-0.2, -0.15) is 0 Å². The Kier molecular flexibility index (Phi) is 1.51. The zero-order chi connectivity index (χ0) is 9.38. The highest BCUT2D eigenvalue weighted by Gasteiger charge is 1.98. The molecule has 1 aromatic heterocycles. The lowest BCUT2D eigenvalue weighted by atomic mass is 10.1. The van der Waals surface area contributed by atoms with Gasteiger partial charge in [-0.05, 0) is 23.6 Å². The molecule has 1 heteroatoms. The van der Waals surface area contributed by atoms with Gasteiger partial charge in [-0.1, -0.05) is 30.3 Å². The van der Waals surface area contributed by atoms with Gasteiger partial charge in [-0.3, -0.25) is 4.98 Å². The Morgan fingerprint density at radius 1 is 1.00 bits per heavy atom. The van der Waals surface area contributed by atoms with Crippen molar-refractivity contribution in [1.29, 1.82) is 0 Å². The number of pyridine rings is 1. The molecule has 1 radical (unpaired) electrons. The first-order chi connectivity index (χ1) is 6.95. The van der Waals surface area contributed by atoms with E-state index in [4.69, 9.17) is 0 Å². The molecule has 0 bridgehead atoms. The van der Waals surface area contributed by atoms with E-state index in [0.717, 1.165) is 10.9 Å². The van der Waals surface area contributed by atoms with Gasteiger partial charge in [0.05, 0.1) is 5.52 Å². The normalized spacial score (nSPS) is 10.9. The van der Waals surface area contributed by atoms with Crippen LogP contribution < -0.4 is 0 Å². The minimum atomic E-state index is 1.05. The van der Waals surface area contributed by atoms with E-state index in [1.807, 2.05) is 36.5 Å². The van der Waals surface area contributed by atoms with Crippen LogP contribution in [0.4, 0.5) is 0 Å². The van der Waals surface area contributed by atoms with Crippen molar-refractivity contribution in [1.82, 2.24) is 4.98 Å². The van der Waals surface area contributed by atoms with Crippen molar-refractivity contribution in [3.05, 3.63) is 54.7 Å². The fourth-order valence-corrected chi connectivity index (χ4v) is 1.75. The smallest absolute Gasteiger partial charge is 0.0708 e. The molecule has 3 aromatic rings. The van der Waals surface area contributed by atoms with Crippen LogP contribution in [0.2, 0.25) is 0 Å². The van der Waals surface area contributed by atoms with Gasteiger partial charge in [0.2, 0.25) is 0 Å². The summed E-state index contributed by atoms with van der Waals surface area (Å²) in [4.78, 5) is 4.39. The zero-order valence-corrected chi connectivity index (χ0v) is 7.57. The quantitative estimate of drug-likeness (QED) is 0.482. The highest BCUT2D eigenvalue weighted by Crippen LogP contribution is 2.22. The van der Waals surface area contributed by atoms with Gasteiger partial charge < -0.3 is 0 Å². The SMILES string of the molecule is [c]1ccc2c(c1)cnc1ccccc12. The second-order valence-electron chi connectivity index (χ2n) is 3.29. The van der Waals surface area contributed by atoms with Gasteiger partial charge in [-0.25, -0.2) is 0 Å². The van der Waals surface area contributed by atoms with Gasteiger partial charge in [0.15, 0.2) is 0 Å². The van der Waals surface area contributed by atoms with Crippen LogP contribution in [0, 0.1) is 6.07 Å². The van der Waals surface area contributed by atoms with E-state index in [1.54, 1.807) is 0 Å². The van der Waals surface area contributed by atoms with Gasteiger partial charge in [0.1, 0.15) is 0 Å². The van der Waals surface area contributed by atoms with E-state index in [-0.39, 0.29) is 0 Å². The molecule has 0 aliphatic heterocycles. The van der Waals surface area contributed by atoms with Crippen molar-refractivity contribution in [2.45, 2.75) is 0 Å². The maximum Gasteiger partial charge on any atom is 0.0708 e. The summed E-state index contributed by atoms with van der Waals surface area (Å²) in [6.45, 7) is 0. The van der Waals surface area contributed by atoms with Crippen molar-refractivity contribution in [3.63, 3.8) is 0 Å². The maximum absolute atomic E-state index is 4.39. The predicted molar refractivity (Wildman–Crippen MR) is 58.1 cm³/mol. The van der Waals surface area contributed by atoms with Crippen molar-refractivity contribution >= 4 is 21.7 Å². The van der Waals surface area contributed by atoms with Crippen LogP contribution in [0.3, 0.4) is 0 Å². The van der Waals surface area contributed by atoms with Crippen molar-refractivity contribution < 1.29 is 0 Å². The molecule has 1 heterocycles. The van der Waals surface area contributed by atoms with Crippen LogP contribution in [-0.4, -0.2) is 4.98 Å². The average Bonchev–Trinajstić information content (AvgIpc) is 2.29. The maximum atomic E-state index is 4.39. The number of rotatable bonds is 0. The van der Waals surface area contributed by atoms with E-state index in [9.17, 15) is 0 Å². The molecule has 0 saturated carbocycles. The lowest BCUT2D eigenvalue weighted by molar-refractivity contribution is 1.44. The fraction of sp³-hybridized carbons (Fsp3) is 0. The van der Waals surface area contributed by atoms with Crippen LogP contribution in [-0.2, 0) is 0 Å². The number of benzene rings is 2. The van der Waals surface area contributed by atoms with Gasteiger partial charge in [0, 0.05) is 17.0 Å². The Labute approximate surface area is 82.0 Å². The Morgan fingerprint density at radius 3 is 2.93 bits per heavy atom. The lowest BCUT2D eigenvalue weighted by Gasteiger charge is -2.01. The largest absolute Gasteiger partial charge is 0.256 e. The lowest BCUT2D eigenvalue weighted by Crippen LogP contribution is -1.80.